The van der Waals surface area contributed by atoms with Gasteiger partial charge in [0, 0.05) is 8.41 Å². The van der Waals surface area contributed by atoms with Crippen molar-refractivity contribution in [3.8, 4) is 0 Å². The van der Waals surface area contributed by atoms with E-state index in [1.54, 1.807) is 0 Å². The Morgan fingerprint density at radius 1 is 1.50 bits per heavy atom. The van der Waals surface area contributed by atoms with Crippen molar-refractivity contribution in [1.82, 2.24) is 0 Å². The molecule has 0 unspecified atom stereocenters. The van der Waals surface area contributed by atoms with E-state index in [-0.39, 0.29) is 8.41 Å². The van der Waals surface area contributed by atoms with Crippen LogP contribution in [0, 0.1) is 0 Å². The van der Waals surface area contributed by atoms with E-state index in [0.717, 1.165) is 0 Å². The molecule has 0 heterocycles. The molecule has 0 spiro atoms. The molecule has 3 nitrogen and oxygen atoms in total. The van der Waals surface area contributed by atoms with Crippen molar-refractivity contribution in [2.45, 2.75) is 0 Å². The highest BCUT2D eigenvalue weighted by Crippen LogP contribution is 2.34. The van der Waals surface area contributed by atoms with Gasteiger partial charge in [0.05, 0.1) is 0 Å². The average molecular weight is 111 g/mol. The lowest BCUT2D eigenvalue weighted by Crippen LogP contribution is -1.56. The van der Waals surface area contributed by atoms with Crippen LogP contribution < -0.4 is 0 Å². The van der Waals surface area contributed by atoms with E-state index in [1.165, 1.54) is 0 Å². The first-order valence-corrected chi connectivity index (χ1v) is 2.25. The van der Waals surface area contributed by atoms with Crippen LogP contribution in [0.3, 0.4) is 0 Å². The molecule has 0 rings (SSSR count). The zero-order valence-electron chi connectivity index (χ0n) is 2.71. The predicted octanol–water partition coefficient (Wildman–Crippen LogP) is -0.332. The second-order valence-electron chi connectivity index (χ2n) is 0.473. The molecule has 0 aromatic heterocycles. The Hall–Kier alpha value is 0.145. The number of halogens is 1. The lowest BCUT2D eigenvalue weighted by Gasteiger charge is -1.77. The van der Waals surface area contributed by atoms with Crippen LogP contribution in [0.2, 0.25) is 0 Å². The molecule has 0 amide bonds. The Balaban J connectivity index is 0. The first-order valence-electron chi connectivity index (χ1n) is 0.752. The van der Waals surface area contributed by atoms with Gasteiger partial charge in [-0.25, -0.2) is 4.57 Å². The molecule has 0 aliphatic carbocycles. The third-order valence-corrected chi connectivity index (χ3v) is 0. The summed E-state index contributed by atoms with van der Waals surface area (Å²) in [6.07, 6.45) is 0. The summed E-state index contributed by atoms with van der Waals surface area (Å²) in [4.78, 5) is 13.9. The topological polar surface area (TPSA) is 57.5 Å². The SMILES string of the molecule is O=P(O)(O)F.[B]. The largest absolute Gasteiger partial charge is 0.507 e. The Bertz CT molecular complexity index is 56.9. The second kappa shape index (κ2) is 2.34. The van der Waals surface area contributed by atoms with Crippen molar-refractivity contribution >= 4 is 16.3 Å². The molecule has 2 N–H and O–H groups in total. The maximum Gasteiger partial charge on any atom is 0.507 e. The summed E-state index contributed by atoms with van der Waals surface area (Å²) in [6, 6.07) is 0. The van der Waals surface area contributed by atoms with Gasteiger partial charge >= 0.3 is 7.91 Å². The monoisotopic (exact) mass is 111 g/mol. The second-order valence-corrected chi connectivity index (χ2v) is 1.42. The summed E-state index contributed by atoms with van der Waals surface area (Å²) in [6.45, 7) is 0. The Labute approximate surface area is 36.0 Å². The van der Waals surface area contributed by atoms with Crippen molar-refractivity contribution in [2.75, 3.05) is 0 Å². The molecule has 3 radical (unpaired) electrons. The fourth-order valence-corrected chi connectivity index (χ4v) is 0. The highest BCUT2D eigenvalue weighted by molar-refractivity contribution is 7.45. The molecule has 0 fully saturated rings. The van der Waals surface area contributed by atoms with E-state index in [4.69, 9.17) is 14.4 Å². The fourth-order valence-electron chi connectivity index (χ4n) is 0. The first kappa shape index (κ1) is 9.47. The smallest absolute Gasteiger partial charge is 0.299 e. The van der Waals surface area contributed by atoms with Gasteiger partial charge in [-0.2, -0.15) is 0 Å². The molecule has 0 aliphatic rings. The van der Waals surface area contributed by atoms with Crippen molar-refractivity contribution in [1.29, 1.82) is 0 Å². The third-order valence-electron chi connectivity index (χ3n) is 0. The molecule has 0 bridgehead atoms. The van der Waals surface area contributed by atoms with Crippen LogP contribution in [-0.2, 0) is 4.57 Å². The Kier molecular flexibility index (Phi) is 3.69. The normalized spacial score (nSPS) is 9.83. The number of hydrogen-bond donors (Lipinski definition) is 2. The molecule has 0 aliphatic heterocycles. The van der Waals surface area contributed by atoms with Gasteiger partial charge in [-0.15, -0.1) is 4.20 Å². The van der Waals surface area contributed by atoms with Crippen LogP contribution in [0.5, 0.6) is 0 Å². The van der Waals surface area contributed by atoms with Gasteiger partial charge in [-0.1, -0.05) is 0 Å². The molecule has 6 heavy (non-hydrogen) atoms. The van der Waals surface area contributed by atoms with E-state index < -0.39 is 7.91 Å². The van der Waals surface area contributed by atoms with Crippen LogP contribution in [-0.4, -0.2) is 18.2 Å². The van der Waals surface area contributed by atoms with Crippen molar-refractivity contribution in [3.63, 3.8) is 0 Å². The van der Waals surface area contributed by atoms with Gasteiger partial charge in [-0.3, -0.25) is 9.79 Å². The fraction of sp³-hybridized carbons (Fsp3) is 0. The van der Waals surface area contributed by atoms with Crippen LogP contribution in [0.4, 0.5) is 4.20 Å². The van der Waals surface area contributed by atoms with Crippen LogP contribution in [0.1, 0.15) is 0 Å². The maximum atomic E-state index is 10.4. The van der Waals surface area contributed by atoms with E-state index in [2.05, 4.69) is 0 Å². The Morgan fingerprint density at radius 2 is 1.50 bits per heavy atom. The standard InChI is InChI=1S/B.FH2O3P/c;1-5(2,3)4/h;(H2,2,3,4). The van der Waals surface area contributed by atoms with E-state index in [0.29, 0.717) is 0 Å². The van der Waals surface area contributed by atoms with E-state index in [9.17, 15) is 4.20 Å². The highest BCUT2D eigenvalue weighted by atomic mass is 31.2. The summed E-state index contributed by atoms with van der Waals surface area (Å²) in [5.41, 5.74) is 0. The molecule has 0 aromatic carbocycles. The van der Waals surface area contributed by atoms with Crippen molar-refractivity contribution in [2.24, 2.45) is 0 Å². The molecule has 0 saturated carbocycles. The minimum Gasteiger partial charge on any atom is -0.299 e. The van der Waals surface area contributed by atoms with Crippen LogP contribution in [0.15, 0.2) is 0 Å². The van der Waals surface area contributed by atoms with Gasteiger partial charge in [0.2, 0.25) is 0 Å². The van der Waals surface area contributed by atoms with E-state index in [1.807, 2.05) is 0 Å². The highest BCUT2D eigenvalue weighted by Gasteiger charge is 2.04. The molecule has 0 saturated heterocycles. The molecule has 6 heteroatoms. The molecular formula is H2BFO3P. The zero-order valence-corrected chi connectivity index (χ0v) is 3.60. The quantitative estimate of drug-likeness (QED) is 0.332. The van der Waals surface area contributed by atoms with E-state index >= 15 is 0 Å². The van der Waals surface area contributed by atoms with Crippen molar-refractivity contribution < 1.29 is 18.5 Å². The summed E-state index contributed by atoms with van der Waals surface area (Å²) < 4.78 is 19.0. The summed E-state index contributed by atoms with van der Waals surface area (Å²) in [5.74, 6) is 0. The summed E-state index contributed by atoms with van der Waals surface area (Å²) in [7, 11) is -5.14. The summed E-state index contributed by atoms with van der Waals surface area (Å²) in [5, 5.41) is 0. The van der Waals surface area contributed by atoms with Gasteiger partial charge in [0.1, 0.15) is 0 Å². The zero-order chi connectivity index (χ0) is 4.50. The van der Waals surface area contributed by atoms with Gasteiger partial charge < -0.3 is 0 Å². The third kappa shape index (κ3) is 1950. The molecule has 0 atom stereocenters. The molecule has 0 aromatic rings. The van der Waals surface area contributed by atoms with Crippen molar-refractivity contribution in [3.05, 3.63) is 0 Å². The maximum absolute atomic E-state index is 10.4. The molecular weight excluding hydrogens is 109 g/mol. The first-order chi connectivity index (χ1) is 2.00. The minimum atomic E-state index is -5.14. The number of rotatable bonds is 0. The van der Waals surface area contributed by atoms with Crippen LogP contribution in [0.25, 0.3) is 0 Å². The molecule has 35 valence electrons. The minimum absolute atomic E-state index is 0. The van der Waals surface area contributed by atoms with Gasteiger partial charge in [0.25, 0.3) is 0 Å². The van der Waals surface area contributed by atoms with Crippen LogP contribution >= 0.6 is 7.91 Å². The lowest BCUT2D eigenvalue weighted by molar-refractivity contribution is 0.322. The Morgan fingerprint density at radius 3 is 1.50 bits per heavy atom. The lowest BCUT2D eigenvalue weighted by atomic mass is 10.8. The van der Waals surface area contributed by atoms with Gasteiger partial charge in [-0.05, 0) is 0 Å². The average Bonchev–Trinajstić information content (AvgIpc) is 0.722. The van der Waals surface area contributed by atoms with Gasteiger partial charge in [0.15, 0.2) is 0 Å². The number of hydrogen-bond acceptors (Lipinski definition) is 1. The predicted molar refractivity (Wildman–Crippen MR) is 18.9 cm³/mol. The summed E-state index contributed by atoms with van der Waals surface area (Å²) >= 11 is 0.